The van der Waals surface area contributed by atoms with Gasteiger partial charge in [0.1, 0.15) is 10.6 Å². The molecular weight excluding hydrogens is 425 g/mol. The van der Waals surface area contributed by atoms with Crippen LogP contribution in [0, 0.1) is 0 Å². The van der Waals surface area contributed by atoms with Crippen molar-refractivity contribution in [1.82, 2.24) is 0 Å². The Kier molecular flexibility index (Phi) is 6.41. The molecule has 0 bridgehead atoms. The van der Waals surface area contributed by atoms with E-state index in [0.29, 0.717) is 16.0 Å². The minimum atomic E-state index is -1.05. The molecule has 140 valence electrons. The zero-order chi connectivity index (χ0) is 19.5. The number of anilines is 1. The van der Waals surface area contributed by atoms with Crippen LogP contribution in [0.15, 0.2) is 28.5 Å². The van der Waals surface area contributed by atoms with E-state index in [0.717, 1.165) is 15.2 Å². The van der Waals surface area contributed by atoms with Crippen molar-refractivity contribution < 1.29 is 23.5 Å². The quantitative estimate of drug-likeness (QED) is 0.472. The van der Waals surface area contributed by atoms with E-state index in [1.165, 1.54) is 11.3 Å². The molecule has 0 atom stereocenters. The van der Waals surface area contributed by atoms with Crippen molar-refractivity contribution in [2.75, 3.05) is 11.9 Å². The molecule has 2 rings (SSSR count). The minimum Gasteiger partial charge on any atom is -0.461 e. The molecule has 0 spiro atoms. The Labute approximate surface area is 163 Å². The van der Waals surface area contributed by atoms with Gasteiger partial charge in [0, 0.05) is 20.1 Å². The van der Waals surface area contributed by atoms with E-state index in [-0.39, 0.29) is 6.61 Å². The second-order valence-corrected chi connectivity index (χ2v) is 8.29. The minimum absolute atomic E-state index is 0.0685. The monoisotopic (exact) mass is 443 g/mol. The van der Waals surface area contributed by atoms with Gasteiger partial charge in [0.05, 0.1) is 6.61 Å². The predicted molar refractivity (Wildman–Crippen MR) is 105 cm³/mol. The summed E-state index contributed by atoms with van der Waals surface area (Å²) in [6, 6.07) is 5.46. The number of hydrogen-bond acceptors (Lipinski definition) is 5. The number of benzene rings is 1. The molecule has 0 fully saturated rings. The number of hydrogen-bond donors (Lipinski definition) is 1. The zero-order valence-corrected chi connectivity index (χ0v) is 17.2. The van der Waals surface area contributed by atoms with Crippen LogP contribution in [0.5, 0.6) is 0 Å². The van der Waals surface area contributed by atoms with Crippen LogP contribution in [0.3, 0.4) is 0 Å². The van der Waals surface area contributed by atoms with E-state index >= 15 is 0 Å². The first-order chi connectivity index (χ1) is 12.1. The average molecular weight is 444 g/mol. The van der Waals surface area contributed by atoms with Crippen LogP contribution in [0.2, 0.25) is 0 Å². The van der Waals surface area contributed by atoms with Crippen molar-refractivity contribution in [3.63, 3.8) is 0 Å². The van der Waals surface area contributed by atoms with Gasteiger partial charge >= 0.3 is 12.1 Å². The second kappa shape index (κ2) is 8.18. The van der Waals surface area contributed by atoms with Crippen molar-refractivity contribution in [3.05, 3.63) is 34.1 Å². The third kappa shape index (κ3) is 5.28. The van der Waals surface area contributed by atoms with Gasteiger partial charge in [0.2, 0.25) is 5.83 Å². The average Bonchev–Trinajstić information content (AvgIpc) is 2.82. The number of esters is 1. The fourth-order valence-corrected chi connectivity index (χ4v) is 3.52. The third-order valence-electron chi connectivity index (χ3n) is 3.04. The number of halogens is 2. The summed E-state index contributed by atoms with van der Waals surface area (Å²) in [5.41, 5.74) is -0.293. The number of nitrogens with one attached hydrogen (secondary N) is 1. The largest absolute Gasteiger partial charge is 0.461 e. The standard InChI is InChI=1S/C18H19BrFNO4S/c1-5-24-16(22)13(20)9-12-11-8-10(19)6-7-14(11)26-15(12)21-17(23)25-18(2,3)4/h6-9H,5H2,1-4H3,(H,21,23)/b13-9-. The highest BCUT2D eigenvalue weighted by atomic mass is 79.9. The maximum atomic E-state index is 14.2. The Morgan fingerprint density at radius 3 is 2.65 bits per heavy atom. The highest BCUT2D eigenvalue weighted by molar-refractivity contribution is 9.10. The normalized spacial score (nSPS) is 12.2. The highest BCUT2D eigenvalue weighted by Gasteiger charge is 2.20. The van der Waals surface area contributed by atoms with Gasteiger partial charge < -0.3 is 9.47 Å². The van der Waals surface area contributed by atoms with Gasteiger partial charge in [0.25, 0.3) is 0 Å². The van der Waals surface area contributed by atoms with Crippen LogP contribution in [0.1, 0.15) is 33.3 Å². The Balaban J connectivity index is 2.47. The molecule has 0 aliphatic rings. The number of ether oxygens (including phenoxy) is 2. The van der Waals surface area contributed by atoms with Gasteiger partial charge in [-0.1, -0.05) is 15.9 Å². The molecule has 1 N–H and O–H groups in total. The molecule has 1 amide bonds. The molecule has 26 heavy (non-hydrogen) atoms. The first-order valence-electron chi connectivity index (χ1n) is 7.87. The molecule has 5 nitrogen and oxygen atoms in total. The number of amides is 1. The molecular formula is C18H19BrFNO4S. The van der Waals surface area contributed by atoms with Gasteiger partial charge in [-0.05, 0) is 52.0 Å². The van der Waals surface area contributed by atoms with Crippen molar-refractivity contribution in [2.24, 2.45) is 0 Å². The Hall–Kier alpha value is -1.93. The SMILES string of the molecule is CCOC(=O)/C(F)=C/c1c(NC(=O)OC(C)(C)C)sc2ccc(Br)cc12. The van der Waals surface area contributed by atoms with Gasteiger partial charge in [-0.25, -0.2) is 9.59 Å². The van der Waals surface area contributed by atoms with E-state index in [2.05, 4.69) is 26.0 Å². The lowest BCUT2D eigenvalue weighted by molar-refractivity contribution is -0.140. The lowest BCUT2D eigenvalue weighted by Crippen LogP contribution is -2.27. The third-order valence-corrected chi connectivity index (χ3v) is 4.64. The molecule has 8 heteroatoms. The first-order valence-corrected chi connectivity index (χ1v) is 9.48. The molecule has 0 aliphatic carbocycles. The van der Waals surface area contributed by atoms with Crippen LogP contribution >= 0.6 is 27.3 Å². The van der Waals surface area contributed by atoms with Crippen molar-refractivity contribution >= 4 is 60.5 Å². The number of fused-ring (bicyclic) bond motifs is 1. The molecule has 0 saturated carbocycles. The predicted octanol–water partition coefficient (Wildman–Crippen LogP) is 5.88. The van der Waals surface area contributed by atoms with Gasteiger partial charge in [-0.2, -0.15) is 4.39 Å². The molecule has 2 aromatic rings. The number of thiophene rings is 1. The molecule has 1 aromatic carbocycles. The van der Waals surface area contributed by atoms with E-state index in [1.54, 1.807) is 33.8 Å². The van der Waals surface area contributed by atoms with Gasteiger partial charge in [-0.3, -0.25) is 5.32 Å². The molecule has 0 aliphatic heterocycles. The molecule has 1 heterocycles. The van der Waals surface area contributed by atoms with E-state index in [9.17, 15) is 14.0 Å². The lowest BCUT2D eigenvalue weighted by Gasteiger charge is -2.19. The second-order valence-electron chi connectivity index (χ2n) is 6.32. The van der Waals surface area contributed by atoms with Crippen LogP contribution in [0.4, 0.5) is 14.2 Å². The van der Waals surface area contributed by atoms with Crippen molar-refractivity contribution in [2.45, 2.75) is 33.3 Å². The summed E-state index contributed by atoms with van der Waals surface area (Å²) in [5.74, 6) is -2.09. The molecule has 1 aromatic heterocycles. The van der Waals surface area contributed by atoms with Crippen molar-refractivity contribution in [3.8, 4) is 0 Å². The van der Waals surface area contributed by atoms with Crippen LogP contribution in [-0.4, -0.2) is 24.3 Å². The maximum absolute atomic E-state index is 14.2. The maximum Gasteiger partial charge on any atom is 0.412 e. The summed E-state index contributed by atoms with van der Waals surface area (Å²) in [7, 11) is 0. The molecule has 0 unspecified atom stereocenters. The summed E-state index contributed by atoms with van der Waals surface area (Å²) in [5, 5.41) is 3.70. The van der Waals surface area contributed by atoms with Crippen molar-refractivity contribution in [1.29, 1.82) is 0 Å². The summed E-state index contributed by atoms with van der Waals surface area (Å²) in [6.07, 6.45) is 0.407. The number of carbonyl (C=O) groups excluding carboxylic acids is 2. The lowest BCUT2D eigenvalue weighted by atomic mass is 10.1. The summed E-state index contributed by atoms with van der Waals surface area (Å²) in [4.78, 5) is 23.7. The van der Waals surface area contributed by atoms with Crippen LogP contribution in [0.25, 0.3) is 16.2 Å². The Morgan fingerprint density at radius 2 is 2.04 bits per heavy atom. The topological polar surface area (TPSA) is 64.6 Å². The highest BCUT2D eigenvalue weighted by Crippen LogP contribution is 2.39. The summed E-state index contributed by atoms with van der Waals surface area (Å²) >= 11 is 4.63. The Bertz CT molecular complexity index is 870. The first kappa shape index (κ1) is 20.4. The van der Waals surface area contributed by atoms with Crippen LogP contribution in [-0.2, 0) is 14.3 Å². The van der Waals surface area contributed by atoms with E-state index < -0.39 is 23.5 Å². The van der Waals surface area contributed by atoms with E-state index in [1.807, 2.05) is 12.1 Å². The van der Waals surface area contributed by atoms with E-state index in [4.69, 9.17) is 4.74 Å². The van der Waals surface area contributed by atoms with Gasteiger partial charge in [-0.15, -0.1) is 11.3 Å². The molecule has 0 radical (unpaired) electrons. The molecule has 0 saturated heterocycles. The zero-order valence-electron chi connectivity index (χ0n) is 14.8. The number of rotatable bonds is 4. The Morgan fingerprint density at radius 1 is 1.35 bits per heavy atom. The smallest absolute Gasteiger partial charge is 0.412 e. The summed E-state index contributed by atoms with van der Waals surface area (Å²) < 4.78 is 25.7. The summed E-state index contributed by atoms with van der Waals surface area (Å²) in [6.45, 7) is 6.90. The van der Waals surface area contributed by atoms with Crippen LogP contribution < -0.4 is 5.32 Å². The number of carbonyl (C=O) groups is 2. The fourth-order valence-electron chi connectivity index (χ4n) is 2.11. The van der Waals surface area contributed by atoms with Gasteiger partial charge in [0.15, 0.2) is 0 Å². The fraction of sp³-hybridized carbons (Fsp3) is 0.333.